The summed E-state index contributed by atoms with van der Waals surface area (Å²) >= 11 is 1.21. The highest BCUT2D eigenvalue weighted by Gasteiger charge is 2.44. The number of nitro groups is 1. The standard InChI is InChI=1S/C21H24N4O5S/c1-12-20(31-13(2)22-12)18(26)16-17(14-6-8-15(9-7-14)25(29)30)24(21(28)19(16)27)11-5-10-23(3)4/h6-9,17,27H,5,10-11H2,1-4H3/t17-/m1/s1. The lowest BCUT2D eigenvalue weighted by molar-refractivity contribution is -0.384. The lowest BCUT2D eigenvalue weighted by atomic mass is 9.95. The summed E-state index contributed by atoms with van der Waals surface area (Å²) in [5.41, 5.74) is 0.946. The third kappa shape index (κ3) is 4.49. The Kier molecular flexibility index (Phi) is 6.51. The monoisotopic (exact) mass is 444 g/mol. The van der Waals surface area contributed by atoms with Crippen LogP contribution in [0.15, 0.2) is 35.6 Å². The van der Waals surface area contributed by atoms with Crippen LogP contribution in [-0.4, -0.2) is 63.7 Å². The van der Waals surface area contributed by atoms with Gasteiger partial charge in [-0.3, -0.25) is 19.7 Å². The molecule has 1 aliphatic rings. The summed E-state index contributed by atoms with van der Waals surface area (Å²) in [4.78, 5) is 44.9. The number of non-ortho nitro benzene ring substituents is 1. The molecule has 0 bridgehead atoms. The van der Waals surface area contributed by atoms with E-state index in [-0.39, 0.29) is 11.3 Å². The van der Waals surface area contributed by atoms with E-state index in [0.29, 0.717) is 40.7 Å². The smallest absolute Gasteiger partial charge is 0.290 e. The first-order valence-corrected chi connectivity index (χ1v) is 10.5. The van der Waals surface area contributed by atoms with Crippen LogP contribution < -0.4 is 0 Å². The number of nitrogens with zero attached hydrogens (tertiary/aromatic N) is 4. The summed E-state index contributed by atoms with van der Waals surface area (Å²) < 4.78 is 0. The zero-order valence-corrected chi connectivity index (χ0v) is 18.6. The number of hydrogen-bond donors (Lipinski definition) is 1. The highest BCUT2D eigenvalue weighted by atomic mass is 32.1. The number of aliphatic hydroxyl groups is 1. The van der Waals surface area contributed by atoms with Crippen LogP contribution in [0.5, 0.6) is 0 Å². The molecule has 0 fully saturated rings. The summed E-state index contributed by atoms with van der Waals surface area (Å²) in [5.74, 6) is -1.65. The molecule has 9 nitrogen and oxygen atoms in total. The topological polar surface area (TPSA) is 117 Å². The van der Waals surface area contributed by atoms with Gasteiger partial charge in [0.15, 0.2) is 5.76 Å². The molecule has 0 spiro atoms. The Hall–Kier alpha value is -3.11. The number of ketones is 1. The van der Waals surface area contributed by atoms with Gasteiger partial charge in [0, 0.05) is 18.7 Å². The van der Waals surface area contributed by atoms with Crippen molar-refractivity contribution in [3.05, 3.63) is 66.9 Å². The molecule has 10 heteroatoms. The molecule has 0 saturated heterocycles. The number of benzene rings is 1. The number of rotatable bonds is 8. The number of thiazole rings is 1. The minimum Gasteiger partial charge on any atom is -0.503 e. The number of carbonyl (C=O) groups excluding carboxylic acids is 2. The van der Waals surface area contributed by atoms with E-state index in [1.807, 2.05) is 19.0 Å². The van der Waals surface area contributed by atoms with Gasteiger partial charge in [0.25, 0.3) is 11.6 Å². The van der Waals surface area contributed by atoms with E-state index in [0.717, 1.165) is 0 Å². The second kappa shape index (κ2) is 8.94. The Labute approximate surface area is 183 Å². The molecule has 1 N–H and O–H groups in total. The van der Waals surface area contributed by atoms with Crippen molar-refractivity contribution in [1.82, 2.24) is 14.8 Å². The number of hydrogen-bond acceptors (Lipinski definition) is 8. The van der Waals surface area contributed by atoms with E-state index in [4.69, 9.17) is 0 Å². The Morgan fingerprint density at radius 3 is 2.45 bits per heavy atom. The van der Waals surface area contributed by atoms with Crippen LogP contribution in [0.2, 0.25) is 0 Å². The van der Waals surface area contributed by atoms with E-state index in [1.54, 1.807) is 13.8 Å². The molecule has 0 saturated carbocycles. The summed E-state index contributed by atoms with van der Waals surface area (Å²) in [7, 11) is 3.83. The predicted molar refractivity (Wildman–Crippen MR) is 116 cm³/mol. The Balaban J connectivity index is 2.05. The fourth-order valence-electron chi connectivity index (χ4n) is 3.66. The lowest BCUT2D eigenvalue weighted by Gasteiger charge is -2.27. The van der Waals surface area contributed by atoms with Crippen LogP contribution in [0.25, 0.3) is 0 Å². The molecule has 164 valence electrons. The SMILES string of the molecule is Cc1nc(C)c(C(=O)C2=C(O)C(=O)N(CCCN(C)C)[C@@H]2c2ccc([N+](=O)[O-])cc2)s1. The van der Waals surface area contributed by atoms with Gasteiger partial charge in [0.2, 0.25) is 5.78 Å². The van der Waals surface area contributed by atoms with Crippen LogP contribution >= 0.6 is 11.3 Å². The number of carbonyl (C=O) groups is 2. The van der Waals surface area contributed by atoms with Gasteiger partial charge < -0.3 is 14.9 Å². The van der Waals surface area contributed by atoms with E-state index in [1.165, 1.54) is 40.5 Å². The maximum absolute atomic E-state index is 13.4. The highest BCUT2D eigenvalue weighted by Crippen LogP contribution is 2.40. The molecule has 1 aromatic heterocycles. The molecule has 1 aromatic carbocycles. The Bertz CT molecular complexity index is 1060. The van der Waals surface area contributed by atoms with E-state index >= 15 is 0 Å². The Morgan fingerprint density at radius 2 is 1.94 bits per heavy atom. The minimum atomic E-state index is -0.829. The molecule has 3 rings (SSSR count). The normalized spacial score (nSPS) is 16.5. The van der Waals surface area contributed by atoms with Crippen LogP contribution in [-0.2, 0) is 4.79 Å². The minimum absolute atomic E-state index is 0.0181. The van der Waals surface area contributed by atoms with Gasteiger partial charge in [-0.2, -0.15) is 0 Å². The third-order valence-corrected chi connectivity index (χ3v) is 6.15. The van der Waals surface area contributed by atoms with Crippen molar-refractivity contribution in [2.75, 3.05) is 27.2 Å². The molecule has 0 radical (unpaired) electrons. The van der Waals surface area contributed by atoms with Crippen molar-refractivity contribution in [2.45, 2.75) is 26.3 Å². The highest BCUT2D eigenvalue weighted by molar-refractivity contribution is 7.14. The summed E-state index contributed by atoms with van der Waals surface area (Å²) in [6.07, 6.45) is 0.635. The zero-order chi connectivity index (χ0) is 22.9. The van der Waals surface area contributed by atoms with E-state index in [2.05, 4.69) is 4.98 Å². The lowest BCUT2D eigenvalue weighted by Crippen LogP contribution is -2.33. The second-order valence-corrected chi connectivity index (χ2v) is 8.85. The molecule has 1 aliphatic heterocycles. The average molecular weight is 445 g/mol. The number of aliphatic hydroxyl groups excluding tert-OH is 1. The molecule has 31 heavy (non-hydrogen) atoms. The van der Waals surface area contributed by atoms with E-state index in [9.17, 15) is 24.8 Å². The summed E-state index contributed by atoms with van der Waals surface area (Å²) in [6, 6.07) is 4.87. The number of aromatic nitrogens is 1. The fraction of sp³-hybridized carbons (Fsp3) is 0.381. The van der Waals surface area contributed by atoms with Crippen molar-refractivity contribution in [3.8, 4) is 0 Å². The summed E-state index contributed by atoms with van der Waals surface area (Å²) in [6.45, 7) is 4.53. The average Bonchev–Trinajstić information content (AvgIpc) is 3.17. The number of Topliss-reactive ketones (excluding diaryl/α,β-unsaturated/α-hetero) is 1. The van der Waals surface area contributed by atoms with Crippen LogP contribution in [0, 0.1) is 24.0 Å². The van der Waals surface area contributed by atoms with Crippen molar-refractivity contribution in [2.24, 2.45) is 0 Å². The molecular weight excluding hydrogens is 420 g/mol. The molecular formula is C21H24N4O5S. The predicted octanol–water partition coefficient (Wildman–Crippen LogP) is 3.20. The fourth-order valence-corrected chi connectivity index (χ4v) is 4.54. The number of aryl methyl sites for hydroxylation is 2. The quantitative estimate of drug-likeness (QED) is 0.377. The second-order valence-electron chi connectivity index (χ2n) is 7.65. The van der Waals surface area contributed by atoms with Gasteiger partial charge in [-0.25, -0.2) is 4.98 Å². The van der Waals surface area contributed by atoms with Crippen LogP contribution in [0.1, 0.15) is 38.4 Å². The third-order valence-electron chi connectivity index (χ3n) is 5.08. The first-order valence-electron chi connectivity index (χ1n) is 9.73. The van der Waals surface area contributed by atoms with Gasteiger partial charge >= 0.3 is 0 Å². The zero-order valence-electron chi connectivity index (χ0n) is 17.8. The van der Waals surface area contributed by atoms with Crippen molar-refractivity contribution >= 4 is 28.7 Å². The molecule has 2 heterocycles. The number of amides is 1. The first kappa shape index (κ1) is 22.6. The van der Waals surface area contributed by atoms with Gasteiger partial charge in [0.05, 0.1) is 32.1 Å². The van der Waals surface area contributed by atoms with Crippen molar-refractivity contribution in [1.29, 1.82) is 0 Å². The molecule has 1 atom stereocenters. The Morgan fingerprint density at radius 1 is 1.29 bits per heavy atom. The maximum Gasteiger partial charge on any atom is 0.290 e. The van der Waals surface area contributed by atoms with Crippen LogP contribution in [0.3, 0.4) is 0 Å². The molecule has 2 aromatic rings. The van der Waals surface area contributed by atoms with Gasteiger partial charge in [-0.1, -0.05) is 0 Å². The van der Waals surface area contributed by atoms with Crippen molar-refractivity contribution in [3.63, 3.8) is 0 Å². The number of nitro benzene ring substituents is 1. The van der Waals surface area contributed by atoms with E-state index < -0.39 is 28.4 Å². The molecule has 0 unspecified atom stereocenters. The molecule has 1 amide bonds. The van der Waals surface area contributed by atoms with Crippen molar-refractivity contribution < 1.29 is 19.6 Å². The maximum atomic E-state index is 13.4. The molecule has 0 aliphatic carbocycles. The first-order chi connectivity index (χ1) is 14.6. The largest absolute Gasteiger partial charge is 0.503 e. The van der Waals surface area contributed by atoms with Gasteiger partial charge in [-0.05, 0) is 58.6 Å². The van der Waals surface area contributed by atoms with Gasteiger partial charge in [-0.15, -0.1) is 11.3 Å². The van der Waals surface area contributed by atoms with Gasteiger partial charge in [0.1, 0.15) is 0 Å². The van der Waals surface area contributed by atoms with Crippen LogP contribution in [0.4, 0.5) is 5.69 Å². The summed E-state index contributed by atoms with van der Waals surface area (Å²) in [5, 5.41) is 22.4.